The van der Waals surface area contributed by atoms with Crippen LogP contribution in [0.4, 0.5) is 0 Å². The summed E-state index contributed by atoms with van der Waals surface area (Å²) in [6.07, 6.45) is 5.48. The van der Waals surface area contributed by atoms with Crippen LogP contribution in [-0.2, 0) is 0 Å². The Bertz CT molecular complexity index is 434. The van der Waals surface area contributed by atoms with Gasteiger partial charge in [-0.25, -0.2) is 0 Å². The second kappa shape index (κ2) is 3.67. The number of aryl methyl sites for hydroxylation is 1. The summed E-state index contributed by atoms with van der Waals surface area (Å²) < 4.78 is 0. The second-order valence-corrected chi connectivity index (χ2v) is 3.60. The Kier molecular flexibility index (Phi) is 2.76. The lowest BCUT2D eigenvalue weighted by atomic mass is 9.98. The van der Waals surface area contributed by atoms with Crippen LogP contribution in [0.15, 0.2) is 6.58 Å². The van der Waals surface area contributed by atoms with Crippen LogP contribution in [0.5, 0.6) is 0 Å². The van der Waals surface area contributed by atoms with Crippen LogP contribution in [0.1, 0.15) is 35.0 Å². The van der Waals surface area contributed by atoms with Gasteiger partial charge in [0.25, 0.3) is 0 Å². The van der Waals surface area contributed by atoms with Crippen LogP contribution in [-0.4, -0.2) is 4.98 Å². The molecule has 0 radical (unpaired) electrons. The van der Waals surface area contributed by atoms with E-state index in [0.29, 0.717) is 0 Å². The van der Waals surface area contributed by atoms with Crippen molar-refractivity contribution in [2.24, 2.45) is 0 Å². The van der Waals surface area contributed by atoms with Crippen LogP contribution < -0.4 is 0 Å². The quantitative estimate of drug-likeness (QED) is 0.613. The molecular weight excluding hydrogens is 170 g/mol. The van der Waals surface area contributed by atoms with Gasteiger partial charge in [-0.15, -0.1) is 6.42 Å². The zero-order valence-electron chi connectivity index (χ0n) is 9.23. The van der Waals surface area contributed by atoms with E-state index >= 15 is 0 Å². The summed E-state index contributed by atoms with van der Waals surface area (Å²) in [6, 6.07) is 0. The molecule has 1 heteroatoms. The van der Waals surface area contributed by atoms with Gasteiger partial charge in [0.05, 0.1) is 11.3 Å². The summed E-state index contributed by atoms with van der Waals surface area (Å²) in [5.41, 5.74) is 5.98. The molecule has 0 atom stereocenters. The highest BCUT2D eigenvalue weighted by atomic mass is 14.7. The fourth-order valence-electron chi connectivity index (χ4n) is 1.43. The average molecular weight is 185 g/mol. The minimum absolute atomic E-state index is 0.855. The lowest BCUT2D eigenvalue weighted by molar-refractivity contribution is 1.09. The summed E-state index contributed by atoms with van der Waals surface area (Å²) in [4.78, 5) is 4.46. The maximum absolute atomic E-state index is 5.48. The van der Waals surface area contributed by atoms with E-state index < -0.39 is 0 Å². The van der Waals surface area contributed by atoms with Gasteiger partial charge in [0.15, 0.2) is 0 Å². The Hall–Kier alpha value is -1.55. The van der Waals surface area contributed by atoms with Crippen LogP contribution in [0.2, 0.25) is 0 Å². The normalized spacial score (nSPS) is 9.64. The van der Waals surface area contributed by atoms with Gasteiger partial charge in [-0.05, 0) is 44.4 Å². The minimum atomic E-state index is 0.855. The molecule has 0 aromatic carbocycles. The molecule has 1 heterocycles. The number of terminal acetylenes is 1. The molecule has 1 aromatic rings. The van der Waals surface area contributed by atoms with Gasteiger partial charge >= 0.3 is 0 Å². The first-order chi connectivity index (χ1) is 6.49. The molecule has 14 heavy (non-hydrogen) atoms. The number of nitrogens with zero attached hydrogens (tertiary/aromatic N) is 1. The van der Waals surface area contributed by atoms with Gasteiger partial charge in [-0.1, -0.05) is 12.5 Å². The molecule has 0 aliphatic heterocycles. The third kappa shape index (κ3) is 1.56. The SMILES string of the molecule is C#Cc1c(C(=C)C)nc(C)c(C)c1C. The Balaban J connectivity index is 3.62. The van der Waals surface area contributed by atoms with Crippen molar-refractivity contribution in [3.63, 3.8) is 0 Å². The number of rotatable bonds is 1. The van der Waals surface area contributed by atoms with Gasteiger partial charge < -0.3 is 0 Å². The van der Waals surface area contributed by atoms with E-state index in [1.807, 2.05) is 27.7 Å². The topological polar surface area (TPSA) is 12.9 Å². The summed E-state index contributed by atoms with van der Waals surface area (Å²) in [5.74, 6) is 2.69. The third-order valence-corrected chi connectivity index (χ3v) is 2.55. The molecule has 0 aliphatic carbocycles. The molecule has 0 unspecified atom stereocenters. The van der Waals surface area contributed by atoms with Gasteiger partial charge in [0, 0.05) is 5.69 Å². The monoisotopic (exact) mass is 185 g/mol. The molecule has 0 spiro atoms. The number of hydrogen-bond acceptors (Lipinski definition) is 1. The molecule has 1 aromatic heterocycles. The number of hydrogen-bond donors (Lipinski definition) is 0. The highest BCUT2D eigenvalue weighted by Gasteiger charge is 2.10. The van der Waals surface area contributed by atoms with E-state index in [1.165, 1.54) is 5.56 Å². The van der Waals surface area contributed by atoms with E-state index in [9.17, 15) is 0 Å². The number of pyridine rings is 1. The van der Waals surface area contributed by atoms with Crippen molar-refractivity contribution in [3.8, 4) is 12.3 Å². The summed E-state index contributed by atoms with van der Waals surface area (Å²) in [6.45, 7) is 11.9. The van der Waals surface area contributed by atoms with Crippen LogP contribution >= 0.6 is 0 Å². The first-order valence-corrected chi connectivity index (χ1v) is 4.59. The Morgan fingerprint density at radius 3 is 2.29 bits per heavy atom. The van der Waals surface area contributed by atoms with Gasteiger partial charge in [-0.3, -0.25) is 4.98 Å². The minimum Gasteiger partial charge on any atom is -0.252 e. The predicted molar refractivity (Wildman–Crippen MR) is 61.1 cm³/mol. The fourth-order valence-corrected chi connectivity index (χ4v) is 1.43. The molecular formula is C13H15N. The van der Waals surface area contributed by atoms with E-state index in [2.05, 4.69) is 17.5 Å². The molecule has 72 valence electrons. The van der Waals surface area contributed by atoms with Crippen molar-refractivity contribution < 1.29 is 0 Å². The largest absolute Gasteiger partial charge is 0.252 e. The van der Waals surface area contributed by atoms with Gasteiger partial charge in [0.1, 0.15) is 0 Å². The van der Waals surface area contributed by atoms with Gasteiger partial charge in [-0.2, -0.15) is 0 Å². The van der Waals surface area contributed by atoms with E-state index in [4.69, 9.17) is 6.42 Å². The Labute approximate surface area is 85.9 Å². The fraction of sp³-hybridized carbons (Fsp3) is 0.308. The van der Waals surface area contributed by atoms with Crippen molar-refractivity contribution in [1.82, 2.24) is 4.98 Å². The molecule has 1 nitrogen and oxygen atoms in total. The molecule has 0 saturated carbocycles. The molecule has 0 saturated heterocycles. The summed E-state index contributed by atoms with van der Waals surface area (Å²) in [7, 11) is 0. The smallest absolute Gasteiger partial charge is 0.0815 e. The Morgan fingerprint density at radius 1 is 1.29 bits per heavy atom. The molecule has 1 rings (SSSR count). The number of aromatic nitrogens is 1. The maximum Gasteiger partial charge on any atom is 0.0815 e. The third-order valence-electron chi connectivity index (χ3n) is 2.55. The van der Waals surface area contributed by atoms with Crippen molar-refractivity contribution in [2.45, 2.75) is 27.7 Å². The molecule has 0 fully saturated rings. The van der Waals surface area contributed by atoms with Crippen molar-refractivity contribution in [1.29, 1.82) is 0 Å². The zero-order chi connectivity index (χ0) is 10.9. The lowest BCUT2D eigenvalue weighted by Crippen LogP contribution is -2.01. The van der Waals surface area contributed by atoms with Crippen LogP contribution in [0.25, 0.3) is 5.57 Å². The summed E-state index contributed by atoms with van der Waals surface area (Å²) >= 11 is 0. The first-order valence-electron chi connectivity index (χ1n) is 4.59. The highest BCUT2D eigenvalue weighted by molar-refractivity contribution is 5.67. The second-order valence-electron chi connectivity index (χ2n) is 3.60. The van der Waals surface area contributed by atoms with Crippen molar-refractivity contribution in [2.75, 3.05) is 0 Å². The molecule has 0 N–H and O–H groups in total. The van der Waals surface area contributed by atoms with Crippen LogP contribution in [0.3, 0.4) is 0 Å². The first kappa shape index (κ1) is 10.5. The predicted octanol–water partition coefficient (Wildman–Crippen LogP) is 3.02. The standard InChI is InChI=1S/C13H15N/c1-7-12-10(5)9(4)11(6)14-13(12)8(2)3/h1H,2H2,3-6H3. The number of allylic oxidation sites excluding steroid dienone is 1. The molecule has 0 amide bonds. The Morgan fingerprint density at radius 2 is 1.86 bits per heavy atom. The summed E-state index contributed by atoms with van der Waals surface area (Å²) in [5, 5.41) is 0. The molecule has 0 bridgehead atoms. The molecule has 0 aliphatic rings. The maximum atomic E-state index is 5.48. The lowest BCUT2D eigenvalue weighted by Gasteiger charge is -2.11. The van der Waals surface area contributed by atoms with Crippen LogP contribution in [0, 0.1) is 33.1 Å². The zero-order valence-corrected chi connectivity index (χ0v) is 9.23. The van der Waals surface area contributed by atoms with Crippen molar-refractivity contribution in [3.05, 3.63) is 34.7 Å². The average Bonchev–Trinajstić information content (AvgIpc) is 2.13. The van der Waals surface area contributed by atoms with Gasteiger partial charge in [0.2, 0.25) is 0 Å². The van der Waals surface area contributed by atoms with E-state index in [0.717, 1.165) is 28.1 Å². The van der Waals surface area contributed by atoms with E-state index in [1.54, 1.807) is 0 Å². The van der Waals surface area contributed by atoms with Crippen molar-refractivity contribution >= 4 is 5.57 Å². The van der Waals surface area contributed by atoms with E-state index in [-0.39, 0.29) is 0 Å². The highest BCUT2D eigenvalue weighted by Crippen LogP contribution is 2.22.